The Bertz CT molecular complexity index is 831. The maximum Gasteiger partial charge on any atom is 0.412 e. The van der Waals surface area contributed by atoms with E-state index in [4.69, 9.17) is 18.9 Å². The quantitative estimate of drug-likeness (QED) is 0.387. The molecule has 1 amide bonds. The van der Waals surface area contributed by atoms with Gasteiger partial charge in [-0.2, -0.15) is 12.6 Å². The van der Waals surface area contributed by atoms with Gasteiger partial charge in [-0.3, -0.25) is 10.1 Å². The van der Waals surface area contributed by atoms with Crippen LogP contribution in [0.4, 0.5) is 10.5 Å². The first-order valence-electron chi connectivity index (χ1n) is 9.17. The fourth-order valence-corrected chi connectivity index (χ4v) is 2.85. The SMILES string of the molecule is COc1ccc([C@H](OC(=O)Nc2ccccc2)[C@H](CCOC(=O)CS)OC)cc1O. The Labute approximate surface area is 180 Å². The standard InChI is InChI=1S/C21H25NO7S/c1-26-17-9-8-14(12-16(17)23)20(18(27-2)10-11-28-19(24)13-30)29-21(25)22-15-6-4-3-5-7-15/h3-9,12,18,20,23,30H,10-11,13H2,1-2H3,(H,22,25)/t18-,20-/m0/s1. The zero-order valence-electron chi connectivity index (χ0n) is 16.7. The Hall–Kier alpha value is -2.91. The number of carbonyl (C=O) groups excluding carboxylic acids is 2. The zero-order valence-corrected chi connectivity index (χ0v) is 17.6. The largest absolute Gasteiger partial charge is 0.504 e. The van der Waals surface area contributed by atoms with Crippen LogP contribution in [0, 0.1) is 0 Å². The Morgan fingerprint density at radius 3 is 2.47 bits per heavy atom. The minimum absolute atomic E-state index is 0.0383. The Balaban J connectivity index is 2.20. The number of phenolic OH excluding ortho intramolecular Hbond substituents is 1. The lowest BCUT2D eigenvalue weighted by Gasteiger charge is -2.26. The van der Waals surface area contributed by atoms with Crippen LogP contribution in [0.1, 0.15) is 18.1 Å². The fraction of sp³-hybridized carbons (Fsp3) is 0.333. The average molecular weight is 435 g/mol. The molecule has 0 radical (unpaired) electrons. The third-order valence-corrected chi connectivity index (χ3v) is 4.48. The van der Waals surface area contributed by atoms with Gasteiger partial charge in [-0.05, 0) is 29.8 Å². The topological polar surface area (TPSA) is 103 Å². The highest BCUT2D eigenvalue weighted by Crippen LogP contribution is 2.33. The van der Waals surface area contributed by atoms with E-state index in [1.54, 1.807) is 36.4 Å². The van der Waals surface area contributed by atoms with E-state index >= 15 is 0 Å². The Morgan fingerprint density at radius 1 is 1.13 bits per heavy atom. The lowest BCUT2D eigenvalue weighted by atomic mass is 10.0. The van der Waals surface area contributed by atoms with Crippen molar-refractivity contribution in [1.29, 1.82) is 0 Å². The summed E-state index contributed by atoms with van der Waals surface area (Å²) in [5.41, 5.74) is 1.05. The molecule has 0 aliphatic rings. The van der Waals surface area contributed by atoms with Crippen molar-refractivity contribution in [1.82, 2.24) is 0 Å². The molecule has 2 aromatic carbocycles. The Morgan fingerprint density at radius 2 is 1.87 bits per heavy atom. The lowest BCUT2D eigenvalue weighted by molar-refractivity contribution is -0.141. The maximum atomic E-state index is 12.5. The summed E-state index contributed by atoms with van der Waals surface area (Å²) < 4.78 is 21.2. The molecule has 0 fully saturated rings. The molecular formula is C21H25NO7S. The molecule has 2 rings (SSSR count). The van der Waals surface area contributed by atoms with E-state index < -0.39 is 24.3 Å². The van der Waals surface area contributed by atoms with E-state index in [1.165, 1.54) is 20.3 Å². The number of para-hydroxylation sites is 1. The molecule has 2 aromatic rings. The van der Waals surface area contributed by atoms with Gasteiger partial charge in [-0.1, -0.05) is 24.3 Å². The molecule has 0 saturated heterocycles. The van der Waals surface area contributed by atoms with Crippen molar-refractivity contribution in [2.75, 3.05) is 31.9 Å². The van der Waals surface area contributed by atoms with Crippen LogP contribution in [0.5, 0.6) is 11.5 Å². The summed E-state index contributed by atoms with van der Waals surface area (Å²) in [5.74, 6) is -0.329. The first kappa shape index (κ1) is 23.4. The van der Waals surface area contributed by atoms with Crippen LogP contribution in [0.15, 0.2) is 48.5 Å². The number of anilines is 1. The van der Waals surface area contributed by atoms with Crippen LogP contribution < -0.4 is 10.1 Å². The molecule has 0 spiro atoms. The number of carbonyl (C=O) groups is 2. The molecule has 0 saturated carbocycles. The van der Waals surface area contributed by atoms with Crippen LogP contribution in [-0.2, 0) is 19.0 Å². The molecule has 0 aliphatic heterocycles. The summed E-state index contributed by atoms with van der Waals surface area (Å²) in [4.78, 5) is 23.8. The smallest absolute Gasteiger partial charge is 0.412 e. The Kier molecular flexibility index (Phi) is 9.30. The van der Waals surface area contributed by atoms with Crippen molar-refractivity contribution in [3.05, 3.63) is 54.1 Å². The van der Waals surface area contributed by atoms with Crippen LogP contribution in [0.3, 0.4) is 0 Å². The zero-order chi connectivity index (χ0) is 21.9. The van der Waals surface area contributed by atoms with Crippen molar-refractivity contribution in [3.63, 3.8) is 0 Å². The predicted octanol–water partition coefficient (Wildman–Crippen LogP) is 3.57. The number of thiol groups is 1. The third-order valence-electron chi connectivity index (χ3n) is 4.22. The van der Waals surface area contributed by atoms with Gasteiger partial charge in [0.1, 0.15) is 6.10 Å². The minimum Gasteiger partial charge on any atom is -0.504 e. The van der Waals surface area contributed by atoms with Gasteiger partial charge in [0.2, 0.25) is 0 Å². The monoisotopic (exact) mass is 435 g/mol. The number of methoxy groups -OCH3 is 2. The minimum atomic E-state index is -0.884. The summed E-state index contributed by atoms with van der Waals surface area (Å²) in [5, 5.41) is 12.8. The highest BCUT2D eigenvalue weighted by atomic mass is 32.1. The number of hydrogen-bond donors (Lipinski definition) is 3. The number of phenols is 1. The normalized spacial score (nSPS) is 12.5. The molecule has 0 aliphatic carbocycles. The van der Waals surface area contributed by atoms with Crippen LogP contribution in [0.25, 0.3) is 0 Å². The van der Waals surface area contributed by atoms with Gasteiger partial charge in [-0.25, -0.2) is 4.79 Å². The van der Waals surface area contributed by atoms with Crippen molar-refractivity contribution in [2.24, 2.45) is 0 Å². The molecule has 2 atom stereocenters. The highest BCUT2D eigenvalue weighted by Gasteiger charge is 2.28. The molecular weight excluding hydrogens is 410 g/mol. The summed E-state index contributed by atoms with van der Waals surface area (Å²) in [7, 11) is 2.89. The van der Waals surface area contributed by atoms with Crippen molar-refractivity contribution in [2.45, 2.75) is 18.6 Å². The predicted molar refractivity (Wildman–Crippen MR) is 114 cm³/mol. The fourth-order valence-electron chi connectivity index (χ4n) is 2.75. The molecule has 0 heterocycles. The van der Waals surface area contributed by atoms with E-state index in [-0.39, 0.29) is 30.3 Å². The van der Waals surface area contributed by atoms with E-state index in [1.807, 2.05) is 6.07 Å². The number of esters is 1. The van der Waals surface area contributed by atoms with E-state index in [0.29, 0.717) is 11.3 Å². The van der Waals surface area contributed by atoms with E-state index in [0.717, 1.165) is 0 Å². The van der Waals surface area contributed by atoms with E-state index in [9.17, 15) is 14.7 Å². The number of nitrogens with one attached hydrogen (secondary N) is 1. The summed E-state index contributed by atoms with van der Waals surface area (Å²) >= 11 is 3.86. The molecule has 9 heteroatoms. The van der Waals surface area contributed by atoms with Crippen LogP contribution >= 0.6 is 12.6 Å². The molecule has 8 nitrogen and oxygen atoms in total. The number of ether oxygens (including phenoxy) is 4. The van der Waals surface area contributed by atoms with E-state index in [2.05, 4.69) is 17.9 Å². The van der Waals surface area contributed by atoms with Crippen molar-refractivity contribution in [3.8, 4) is 11.5 Å². The lowest BCUT2D eigenvalue weighted by Crippen LogP contribution is -2.29. The molecule has 0 bridgehead atoms. The van der Waals surface area contributed by atoms with Gasteiger partial charge in [0.05, 0.1) is 19.5 Å². The number of benzene rings is 2. The first-order chi connectivity index (χ1) is 14.5. The highest BCUT2D eigenvalue weighted by molar-refractivity contribution is 7.81. The molecule has 30 heavy (non-hydrogen) atoms. The van der Waals surface area contributed by atoms with Crippen LogP contribution in [0.2, 0.25) is 0 Å². The number of amides is 1. The third kappa shape index (κ3) is 6.85. The number of rotatable bonds is 10. The summed E-state index contributed by atoms with van der Waals surface area (Å²) in [6.45, 7) is 0.0558. The molecule has 0 aromatic heterocycles. The van der Waals surface area contributed by atoms with Crippen LogP contribution in [-0.4, -0.2) is 49.9 Å². The van der Waals surface area contributed by atoms with Gasteiger partial charge in [0, 0.05) is 19.2 Å². The van der Waals surface area contributed by atoms with Gasteiger partial charge in [-0.15, -0.1) is 0 Å². The first-order valence-corrected chi connectivity index (χ1v) is 9.80. The average Bonchev–Trinajstić information content (AvgIpc) is 2.76. The van der Waals surface area contributed by atoms with Gasteiger partial charge < -0.3 is 24.1 Å². The second kappa shape index (κ2) is 11.9. The maximum absolute atomic E-state index is 12.5. The van der Waals surface area contributed by atoms with Gasteiger partial charge in [0.15, 0.2) is 17.6 Å². The second-order valence-electron chi connectivity index (χ2n) is 6.19. The van der Waals surface area contributed by atoms with Gasteiger partial charge in [0.25, 0.3) is 0 Å². The summed E-state index contributed by atoms with van der Waals surface area (Å²) in [6.07, 6.45) is -1.97. The number of hydrogen-bond acceptors (Lipinski definition) is 8. The molecule has 2 N–H and O–H groups in total. The molecule has 162 valence electrons. The summed E-state index contributed by atoms with van der Waals surface area (Å²) in [6, 6.07) is 13.5. The van der Waals surface area contributed by atoms with Gasteiger partial charge >= 0.3 is 12.1 Å². The van der Waals surface area contributed by atoms with Crippen molar-refractivity contribution >= 4 is 30.4 Å². The second-order valence-corrected chi connectivity index (χ2v) is 6.51. The molecule has 0 unspecified atom stereocenters. The number of aromatic hydroxyl groups is 1. The van der Waals surface area contributed by atoms with Crippen molar-refractivity contribution < 1.29 is 33.6 Å².